The molecule has 0 spiro atoms. The smallest absolute Gasteiger partial charge is 0.306 e. The van der Waals surface area contributed by atoms with Gasteiger partial charge in [-0.3, -0.25) is 4.79 Å². The van der Waals surface area contributed by atoms with Crippen LogP contribution in [0.2, 0.25) is 0 Å². The summed E-state index contributed by atoms with van der Waals surface area (Å²) in [7, 11) is 0. The Bertz CT molecular complexity index is 575. The molecule has 1 fully saturated rings. The number of nitriles is 1. The molecule has 112 valence electrons. The summed E-state index contributed by atoms with van der Waals surface area (Å²) in [5.74, 6) is -1.78. The van der Waals surface area contributed by atoms with Crippen molar-refractivity contribution in [3.63, 3.8) is 0 Å². The highest BCUT2D eigenvalue weighted by Gasteiger charge is 2.35. The number of hydrogen-bond acceptors (Lipinski definition) is 4. The average Bonchev–Trinajstić information content (AvgIpc) is 2.47. The van der Waals surface area contributed by atoms with Gasteiger partial charge in [-0.05, 0) is 43.9 Å². The van der Waals surface area contributed by atoms with E-state index in [4.69, 9.17) is 10.4 Å². The van der Waals surface area contributed by atoms with Gasteiger partial charge in [0.15, 0.2) is 0 Å². The summed E-state index contributed by atoms with van der Waals surface area (Å²) in [6.07, 6.45) is 1.70. The number of carboxylic acid groups (broad SMARTS) is 1. The molecule has 2 rings (SSSR count). The van der Waals surface area contributed by atoms with E-state index in [2.05, 4.69) is 5.32 Å². The second-order valence-electron chi connectivity index (χ2n) is 5.50. The lowest BCUT2D eigenvalue weighted by atomic mass is 9.79. The van der Waals surface area contributed by atoms with E-state index in [0.29, 0.717) is 31.4 Å². The highest BCUT2D eigenvalue weighted by Crippen LogP contribution is 2.32. The van der Waals surface area contributed by atoms with Crippen LogP contribution in [0.25, 0.3) is 0 Å². The lowest BCUT2D eigenvalue weighted by Gasteiger charge is -2.35. The van der Waals surface area contributed by atoms with E-state index in [1.807, 2.05) is 0 Å². The number of carbonyl (C=O) groups is 1. The van der Waals surface area contributed by atoms with E-state index in [1.165, 1.54) is 18.2 Å². The quantitative estimate of drug-likeness (QED) is 0.790. The SMILES string of the molecule is N#Cc1cc(NCC2(O)CCC(C(=O)O)CC2)ccc1F. The highest BCUT2D eigenvalue weighted by atomic mass is 19.1. The molecule has 3 N–H and O–H groups in total. The minimum Gasteiger partial charge on any atom is -0.481 e. The van der Waals surface area contributed by atoms with Crippen molar-refractivity contribution in [2.75, 3.05) is 11.9 Å². The molecule has 1 aliphatic carbocycles. The molecule has 0 heterocycles. The molecule has 5 nitrogen and oxygen atoms in total. The van der Waals surface area contributed by atoms with Gasteiger partial charge in [0.2, 0.25) is 0 Å². The number of carboxylic acids is 1. The number of rotatable bonds is 4. The molecule has 21 heavy (non-hydrogen) atoms. The summed E-state index contributed by atoms with van der Waals surface area (Å²) in [4.78, 5) is 10.9. The van der Waals surface area contributed by atoms with Crippen LogP contribution in [-0.2, 0) is 4.79 Å². The summed E-state index contributed by atoms with van der Waals surface area (Å²) in [5, 5.41) is 31.1. The zero-order valence-electron chi connectivity index (χ0n) is 11.5. The summed E-state index contributed by atoms with van der Waals surface area (Å²) in [6, 6.07) is 5.85. The first-order valence-electron chi connectivity index (χ1n) is 6.82. The van der Waals surface area contributed by atoms with Crippen LogP contribution < -0.4 is 5.32 Å². The van der Waals surface area contributed by atoms with Gasteiger partial charge in [0, 0.05) is 12.2 Å². The van der Waals surface area contributed by atoms with Crippen molar-refractivity contribution in [1.29, 1.82) is 5.26 Å². The van der Waals surface area contributed by atoms with Gasteiger partial charge in [0.1, 0.15) is 11.9 Å². The number of aliphatic carboxylic acids is 1. The Kier molecular flexibility index (Phi) is 4.43. The van der Waals surface area contributed by atoms with Gasteiger partial charge >= 0.3 is 5.97 Å². The van der Waals surface area contributed by atoms with E-state index in [9.17, 15) is 14.3 Å². The Balaban J connectivity index is 1.94. The van der Waals surface area contributed by atoms with Crippen LogP contribution in [0, 0.1) is 23.1 Å². The van der Waals surface area contributed by atoms with Gasteiger partial charge in [-0.15, -0.1) is 0 Å². The first-order chi connectivity index (χ1) is 9.93. The molecular formula is C15H17FN2O3. The second-order valence-corrected chi connectivity index (χ2v) is 5.50. The summed E-state index contributed by atoms with van der Waals surface area (Å²) in [6.45, 7) is 0.246. The second kappa shape index (κ2) is 6.10. The minimum atomic E-state index is -0.965. The molecule has 0 unspecified atom stereocenters. The molecule has 1 aromatic carbocycles. The van der Waals surface area contributed by atoms with Crippen molar-refractivity contribution in [2.24, 2.45) is 5.92 Å². The van der Waals surface area contributed by atoms with Crippen LogP contribution in [0.3, 0.4) is 0 Å². The third-order valence-electron chi connectivity index (χ3n) is 3.97. The molecule has 0 aliphatic heterocycles. The molecule has 0 amide bonds. The first kappa shape index (κ1) is 15.3. The first-order valence-corrected chi connectivity index (χ1v) is 6.82. The van der Waals surface area contributed by atoms with Gasteiger partial charge < -0.3 is 15.5 Å². The molecule has 0 saturated heterocycles. The normalized spacial score (nSPS) is 25.1. The molecule has 1 aromatic rings. The lowest BCUT2D eigenvalue weighted by molar-refractivity contribution is -0.144. The van der Waals surface area contributed by atoms with Crippen LogP contribution in [0.1, 0.15) is 31.2 Å². The monoisotopic (exact) mass is 292 g/mol. The van der Waals surface area contributed by atoms with E-state index in [-0.39, 0.29) is 18.0 Å². The predicted octanol–water partition coefficient (Wildman–Crippen LogP) is 2.12. The Morgan fingerprint density at radius 1 is 1.48 bits per heavy atom. The maximum atomic E-state index is 13.2. The summed E-state index contributed by atoms with van der Waals surface area (Å²) in [5.41, 5.74) is -0.462. The summed E-state index contributed by atoms with van der Waals surface area (Å²) < 4.78 is 13.2. The third kappa shape index (κ3) is 3.70. The lowest BCUT2D eigenvalue weighted by Crippen LogP contribution is -2.41. The fraction of sp³-hybridized carbons (Fsp3) is 0.467. The summed E-state index contributed by atoms with van der Waals surface area (Å²) >= 11 is 0. The highest BCUT2D eigenvalue weighted by molar-refractivity contribution is 5.70. The van der Waals surface area contributed by atoms with Gasteiger partial charge in [0.05, 0.1) is 17.1 Å². The van der Waals surface area contributed by atoms with Crippen LogP contribution >= 0.6 is 0 Å². The van der Waals surface area contributed by atoms with Crippen LogP contribution in [0.15, 0.2) is 18.2 Å². The Labute approximate surface area is 122 Å². The van der Waals surface area contributed by atoms with E-state index >= 15 is 0 Å². The van der Waals surface area contributed by atoms with E-state index in [1.54, 1.807) is 6.07 Å². The minimum absolute atomic E-state index is 0.0541. The molecule has 6 heteroatoms. The maximum absolute atomic E-state index is 13.2. The van der Waals surface area contributed by atoms with Crippen molar-refractivity contribution < 1.29 is 19.4 Å². The number of halogens is 1. The van der Waals surface area contributed by atoms with E-state index < -0.39 is 17.4 Å². The van der Waals surface area contributed by atoms with Crippen LogP contribution in [0.4, 0.5) is 10.1 Å². The largest absolute Gasteiger partial charge is 0.481 e. The fourth-order valence-corrected chi connectivity index (χ4v) is 2.57. The van der Waals surface area contributed by atoms with Crippen molar-refractivity contribution in [2.45, 2.75) is 31.3 Å². The Hall–Kier alpha value is -2.13. The van der Waals surface area contributed by atoms with Gasteiger partial charge in [0.25, 0.3) is 0 Å². The molecule has 1 aliphatic rings. The Morgan fingerprint density at radius 3 is 2.71 bits per heavy atom. The zero-order chi connectivity index (χ0) is 15.5. The predicted molar refractivity (Wildman–Crippen MR) is 74.1 cm³/mol. The molecule has 0 aromatic heterocycles. The fourth-order valence-electron chi connectivity index (χ4n) is 2.57. The standard InChI is InChI=1S/C15H17FN2O3/c16-13-2-1-12(7-11(13)8-17)18-9-15(21)5-3-10(4-6-15)14(19)20/h1-2,7,10,18,21H,3-6,9H2,(H,19,20). The molecule has 1 saturated carbocycles. The van der Waals surface area contributed by atoms with Crippen molar-refractivity contribution in [3.05, 3.63) is 29.6 Å². The number of nitrogens with one attached hydrogen (secondary N) is 1. The number of aliphatic hydroxyl groups is 1. The number of hydrogen-bond donors (Lipinski definition) is 3. The maximum Gasteiger partial charge on any atom is 0.306 e. The average molecular weight is 292 g/mol. The molecule has 0 atom stereocenters. The number of nitrogens with zero attached hydrogens (tertiary/aromatic N) is 1. The van der Waals surface area contributed by atoms with E-state index in [0.717, 1.165) is 0 Å². The van der Waals surface area contributed by atoms with Crippen molar-refractivity contribution in [3.8, 4) is 6.07 Å². The van der Waals surface area contributed by atoms with Gasteiger partial charge in [-0.2, -0.15) is 5.26 Å². The molecule has 0 bridgehead atoms. The number of anilines is 1. The van der Waals surface area contributed by atoms with Gasteiger partial charge in [-0.1, -0.05) is 0 Å². The third-order valence-corrected chi connectivity index (χ3v) is 3.97. The molecule has 0 radical (unpaired) electrons. The topological polar surface area (TPSA) is 93.4 Å². The molecular weight excluding hydrogens is 275 g/mol. The van der Waals surface area contributed by atoms with Gasteiger partial charge in [-0.25, -0.2) is 4.39 Å². The van der Waals surface area contributed by atoms with Crippen molar-refractivity contribution >= 4 is 11.7 Å². The van der Waals surface area contributed by atoms with Crippen LogP contribution in [-0.4, -0.2) is 28.3 Å². The number of benzene rings is 1. The Morgan fingerprint density at radius 2 is 2.14 bits per heavy atom. The van der Waals surface area contributed by atoms with Crippen LogP contribution in [0.5, 0.6) is 0 Å². The van der Waals surface area contributed by atoms with Crippen molar-refractivity contribution in [1.82, 2.24) is 0 Å². The zero-order valence-corrected chi connectivity index (χ0v) is 11.5.